The molecule has 0 aliphatic carbocycles. The molecule has 0 fully saturated rings. The van der Waals surface area contributed by atoms with Crippen LogP contribution in [-0.2, 0) is 0 Å². The van der Waals surface area contributed by atoms with Gasteiger partial charge in [0.15, 0.2) is 5.78 Å². The van der Waals surface area contributed by atoms with Gasteiger partial charge in [-0.25, -0.2) is 0 Å². The molecule has 0 radical (unpaired) electrons. The van der Waals surface area contributed by atoms with Crippen LogP contribution in [0.2, 0.25) is 0 Å². The van der Waals surface area contributed by atoms with Gasteiger partial charge in [-0.3, -0.25) is 4.79 Å². The average Bonchev–Trinajstić information content (AvgIpc) is 2.71. The highest BCUT2D eigenvalue weighted by Gasteiger charge is 2.22. The monoisotopic (exact) mass is 278 g/mol. The Kier molecular flexibility index (Phi) is 3.17. The second-order valence-electron chi connectivity index (χ2n) is 5.52. The van der Waals surface area contributed by atoms with Crippen molar-refractivity contribution in [2.45, 2.75) is 27.7 Å². The average molecular weight is 278 g/mol. The molecule has 3 aromatic rings. The molecule has 21 heavy (non-hydrogen) atoms. The number of carbonyl (C=O) groups is 1. The zero-order chi connectivity index (χ0) is 15.1. The highest BCUT2D eigenvalue weighted by Crippen LogP contribution is 2.29. The Balaban J connectivity index is 2.29. The Morgan fingerprint density at radius 1 is 0.857 bits per heavy atom. The van der Waals surface area contributed by atoms with Gasteiger partial charge in [0.05, 0.1) is 5.56 Å². The second kappa shape index (κ2) is 4.88. The lowest BCUT2D eigenvalue weighted by atomic mass is 9.92. The minimum Gasteiger partial charge on any atom is -0.466 e. The molecule has 2 aromatic carbocycles. The third kappa shape index (κ3) is 2.07. The molecule has 0 spiro atoms. The van der Waals surface area contributed by atoms with Gasteiger partial charge >= 0.3 is 0 Å². The number of benzene rings is 2. The molecule has 106 valence electrons. The van der Waals surface area contributed by atoms with Gasteiger partial charge < -0.3 is 4.42 Å². The van der Waals surface area contributed by atoms with Crippen LogP contribution in [-0.4, -0.2) is 5.78 Å². The van der Waals surface area contributed by atoms with E-state index in [0.717, 1.165) is 33.2 Å². The first-order chi connectivity index (χ1) is 10.0. The van der Waals surface area contributed by atoms with E-state index in [-0.39, 0.29) is 5.78 Å². The minimum absolute atomic E-state index is 0.0520. The number of fused-ring (bicyclic) bond motifs is 1. The second-order valence-corrected chi connectivity index (χ2v) is 5.52. The summed E-state index contributed by atoms with van der Waals surface area (Å²) in [7, 11) is 0. The molecule has 0 aliphatic heterocycles. The zero-order valence-electron chi connectivity index (χ0n) is 12.8. The number of rotatable bonds is 2. The van der Waals surface area contributed by atoms with Crippen molar-refractivity contribution >= 4 is 16.6 Å². The van der Waals surface area contributed by atoms with Crippen LogP contribution < -0.4 is 0 Å². The fourth-order valence-electron chi connectivity index (χ4n) is 2.93. The Morgan fingerprint density at radius 2 is 1.57 bits per heavy atom. The molecular weight excluding hydrogens is 260 g/mol. The number of carbonyl (C=O) groups excluding carboxylic acids is 1. The van der Waals surface area contributed by atoms with Gasteiger partial charge in [0, 0.05) is 11.1 Å². The molecule has 1 aromatic heterocycles. The van der Waals surface area contributed by atoms with E-state index in [1.807, 2.05) is 58.0 Å². The number of hydrogen-bond donors (Lipinski definition) is 0. The largest absolute Gasteiger partial charge is 0.466 e. The van der Waals surface area contributed by atoms with Gasteiger partial charge in [-0.1, -0.05) is 36.4 Å². The summed E-state index contributed by atoms with van der Waals surface area (Å²) in [4.78, 5) is 13.1. The number of hydrogen-bond acceptors (Lipinski definition) is 2. The quantitative estimate of drug-likeness (QED) is 0.624. The summed E-state index contributed by atoms with van der Waals surface area (Å²) in [6.45, 7) is 7.68. The molecule has 0 bridgehead atoms. The molecule has 2 heteroatoms. The predicted octanol–water partition coefficient (Wildman–Crippen LogP) is 4.90. The third-order valence-electron chi connectivity index (χ3n) is 4.15. The van der Waals surface area contributed by atoms with Crippen LogP contribution in [0.15, 0.2) is 40.8 Å². The summed E-state index contributed by atoms with van der Waals surface area (Å²) in [5.74, 6) is 1.56. The van der Waals surface area contributed by atoms with E-state index in [1.54, 1.807) is 0 Å². The molecule has 0 aliphatic rings. The lowest BCUT2D eigenvalue weighted by Gasteiger charge is -2.09. The fourth-order valence-corrected chi connectivity index (χ4v) is 2.93. The zero-order valence-corrected chi connectivity index (χ0v) is 12.8. The van der Waals surface area contributed by atoms with Crippen LogP contribution in [0, 0.1) is 27.7 Å². The van der Waals surface area contributed by atoms with Crippen molar-refractivity contribution in [3.8, 4) is 0 Å². The SMILES string of the molecule is Cc1ccc2ccccc2c1C(=O)c1c(C)oc(C)c1C. The molecule has 0 saturated carbocycles. The van der Waals surface area contributed by atoms with Gasteiger partial charge in [0.2, 0.25) is 0 Å². The van der Waals surface area contributed by atoms with Crippen LogP contribution in [0.25, 0.3) is 10.8 Å². The van der Waals surface area contributed by atoms with Crippen LogP contribution >= 0.6 is 0 Å². The van der Waals surface area contributed by atoms with E-state index in [0.29, 0.717) is 11.3 Å². The van der Waals surface area contributed by atoms with Crippen molar-refractivity contribution in [2.24, 2.45) is 0 Å². The van der Waals surface area contributed by atoms with Crippen LogP contribution in [0.4, 0.5) is 0 Å². The number of ketones is 1. The van der Waals surface area contributed by atoms with Crippen molar-refractivity contribution in [1.82, 2.24) is 0 Å². The number of aryl methyl sites for hydroxylation is 3. The summed E-state index contributed by atoms with van der Waals surface area (Å²) < 4.78 is 5.62. The smallest absolute Gasteiger partial charge is 0.197 e. The minimum atomic E-state index is 0.0520. The van der Waals surface area contributed by atoms with E-state index in [2.05, 4.69) is 6.07 Å². The van der Waals surface area contributed by atoms with Gasteiger partial charge in [-0.2, -0.15) is 0 Å². The van der Waals surface area contributed by atoms with Crippen LogP contribution in [0.5, 0.6) is 0 Å². The van der Waals surface area contributed by atoms with Crippen molar-refractivity contribution in [3.63, 3.8) is 0 Å². The fraction of sp³-hybridized carbons (Fsp3) is 0.211. The van der Waals surface area contributed by atoms with E-state index in [9.17, 15) is 4.79 Å². The highest BCUT2D eigenvalue weighted by molar-refractivity contribution is 6.18. The molecule has 0 atom stereocenters. The van der Waals surface area contributed by atoms with Crippen molar-refractivity contribution in [2.75, 3.05) is 0 Å². The summed E-state index contributed by atoms with van der Waals surface area (Å²) in [5.41, 5.74) is 3.41. The molecular formula is C19H18O2. The maximum atomic E-state index is 13.1. The Morgan fingerprint density at radius 3 is 2.24 bits per heavy atom. The van der Waals surface area contributed by atoms with Gasteiger partial charge in [-0.05, 0) is 44.0 Å². The van der Waals surface area contributed by atoms with Crippen LogP contribution in [0.3, 0.4) is 0 Å². The van der Waals surface area contributed by atoms with Crippen LogP contribution in [0.1, 0.15) is 38.6 Å². The predicted molar refractivity (Wildman–Crippen MR) is 85.0 cm³/mol. The van der Waals surface area contributed by atoms with E-state index >= 15 is 0 Å². The van der Waals surface area contributed by atoms with E-state index < -0.39 is 0 Å². The highest BCUT2D eigenvalue weighted by atomic mass is 16.3. The third-order valence-corrected chi connectivity index (χ3v) is 4.15. The van der Waals surface area contributed by atoms with E-state index in [4.69, 9.17) is 4.42 Å². The first-order valence-electron chi connectivity index (χ1n) is 7.10. The molecule has 0 N–H and O–H groups in total. The first kappa shape index (κ1) is 13.6. The molecule has 2 nitrogen and oxygen atoms in total. The summed E-state index contributed by atoms with van der Waals surface area (Å²) in [5, 5.41) is 2.09. The maximum Gasteiger partial charge on any atom is 0.197 e. The molecule has 1 heterocycles. The summed E-state index contributed by atoms with van der Waals surface area (Å²) in [6.07, 6.45) is 0. The first-order valence-corrected chi connectivity index (χ1v) is 7.10. The Bertz CT molecular complexity index is 853. The topological polar surface area (TPSA) is 30.2 Å². The summed E-state index contributed by atoms with van der Waals surface area (Å²) >= 11 is 0. The van der Waals surface area contributed by atoms with Gasteiger partial charge in [0.1, 0.15) is 11.5 Å². The molecule has 0 saturated heterocycles. The Hall–Kier alpha value is -2.35. The van der Waals surface area contributed by atoms with Gasteiger partial charge in [0.25, 0.3) is 0 Å². The van der Waals surface area contributed by atoms with Crippen molar-refractivity contribution < 1.29 is 9.21 Å². The summed E-state index contributed by atoms with van der Waals surface area (Å²) in [6, 6.07) is 12.1. The maximum absolute atomic E-state index is 13.1. The number of furan rings is 1. The standard InChI is InChI=1S/C19H18O2/c1-11-9-10-15-7-5-6-8-16(15)17(11)19(20)18-12(2)13(3)21-14(18)4/h5-10H,1-4H3. The molecule has 0 unspecified atom stereocenters. The van der Waals surface area contributed by atoms with Crippen molar-refractivity contribution in [1.29, 1.82) is 0 Å². The van der Waals surface area contributed by atoms with Gasteiger partial charge in [-0.15, -0.1) is 0 Å². The van der Waals surface area contributed by atoms with Crippen molar-refractivity contribution in [3.05, 3.63) is 70.2 Å². The molecule has 3 rings (SSSR count). The normalized spacial score (nSPS) is 11.0. The van der Waals surface area contributed by atoms with E-state index in [1.165, 1.54) is 0 Å². The lowest BCUT2D eigenvalue weighted by Crippen LogP contribution is -2.07. The molecule has 0 amide bonds. The Labute approximate surface area is 124 Å². The lowest BCUT2D eigenvalue weighted by molar-refractivity contribution is 0.103.